The SMILES string of the molecule is CCCCc1ccc(C(=O)N2CCS[C@H]2c2cccc(C(F)(F)F)c2)cc1. The average Bonchev–Trinajstić information content (AvgIpc) is 3.15. The zero-order valence-electron chi connectivity index (χ0n) is 15.1. The number of halogens is 3. The first-order valence-corrected chi connectivity index (χ1v) is 10.1. The Morgan fingerprint density at radius 2 is 1.93 bits per heavy atom. The van der Waals surface area contributed by atoms with Gasteiger partial charge in [-0.3, -0.25) is 4.79 Å². The van der Waals surface area contributed by atoms with E-state index in [1.54, 1.807) is 11.0 Å². The number of carbonyl (C=O) groups excluding carboxylic acids is 1. The molecule has 0 aliphatic carbocycles. The van der Waals surface area contributed by atoms with E-state index >= 15 is 0 Å². The van der Waals surface area contributed by atoms with Gasteiger partial charge >= 0.3 is 6.18 Å². The summed E-state index contributed by atoms with van der Waals surface area (Å²) in [6.07, 6.45) is -1.18. The van der Waals surface area contributed by atoms with Gasteiger partial charge in [0.25, 0.3) is 5.91 Å². The molecule has 3 rings (SSSR count). The monoisotopic (exact) mass is 393 g/mol. The number of unbranched alkanes of at least 4 members (excludes halogenated alkanes) is 1. The van der Waals surface area contributed by atoms with Crippen molar-refractivity contribution in [2.75, 3.05) is 12.3 Å². The van der Waals surface area contributed by atoms with Gasteiger partial charge in [0.1, 0.15) is 5.37 Å². The lowest BCUT2D eigenvalue weighted by atomic mass is 10.1. The number of amides is 1. The number of hydrogen-bond donors (Lipinski definition) is 0. The van der Waals surface area contributed by atoms with E-state index in [0.717, 1.165) is 31.4 Å². The van der Waals surface area contributed by atoms with E-state index < -0.39 is 11.7 Å². The van der Waals surface area contributed by atoms with Crippen LogP contribution in [0.5, 0.6) is 0 Å². The van der Waals surface area contributed by atoms with Crippen LogP contribution in [0.3, 0.4) is 0 Å². The summed E-state index contributed by atoms with van der Waals surface area (Å²) in [6.45, 7) is 2.67. The Kier molecular flexibility index (Phi) is 6.15. The van der Waals surface area contributed by atoms with Crippen LogP contribution >= 0.6 is 11.8 Å². The summed E-state index contributed by atoms with van der Waals surface area (Å²) in [6, 6.07) is 12.8. The van der Waals surface area contributed by atoms with Gasteiger partial charge in [-0.15, -0.1) is 11.8 Å². The van der Waals surface area contributed by atoms with Crippen molar-refractivity contribution in [1.29, 1.82) is 0 Å². The molecule has 2 aromatic carbocycles. The van der Waals surface area contributed by atoms with Gasteiger partial charge in [0.15, 0.2) is 0 Å². The van der Waals surface area contributed by atoms with Crippen LogP contribution in [-0.2, 0) is 12.6 Å². The summed E-state index contributed by atoms with van der Waals surface area (Å²) >= 11 is 1.50. The number of nitrogens with zero attached hydrogens (tertiary/aromatic N) is 1. The van der Waals surface area contributed by atoms with E-state index in [1.807, 2.05) is 24.3 Å². The van der Waals surface area contributed by atoms with Crippen LogP contribution in [0.15, 0.2) is 48.5 Å². The highest BCUT2D eigenvalue weighted by atomic mass is 32.2. The third-order valence-electron chi connectivity index (χ3n) is 4.67. The van der Waals surface area contributed by atoms with Gasteiger partial charge in [-0.25, -0.2) is 0 Å². The van der Waals surface area contributed by atoms with Gasteiger partial charge in [-0.2, -0.15) is 13.2 Å². The van der Waals surface area contributed by atoms with Crippen molar-refractivity contribution in [1.82, 2.24) is 4.90 Å². The number of rotatable bonds is 5. The molecule has 1 aliphatic rings. The topological polar surface area (TPSA) is 20.3 Å². The van der Waals surface area contributed by atoms with Crippen molar-refractivity contribution in [3.05, 3.63) is 70.8 Å². The molecule has 0 spiro atoms. The normalized spacial score (nSPS) is 17.3. The molecule has 0 radical (unpaired) electrons. The van der Waals surface area contributed by atoms with E-state index in [0.29, 0.717) is 23.4 Å². The molecule has 27 heavy (non-hydrogen) atoms. The standard InChI is InChI=1S/C21H22F3NOS/c1-2-3-5-15-8-10-16(11-9-15)19(26)25-12-13-27-20(25)17-6-4-7-18(14-17)21(22,23)24/h4,6-11,14,20H,2-3,5,12-13H2,1H3/t20-/m0/s1. The molecule has 1 amide bonds. The molecular weight excluding hydrogens is 371 g/mol. The number of thioether (sulfide) groups is 1. The molecule has 2 nitrogen and oxygen atoms in total. The Hall–Kier alpha value is -1.95. The van der Waals surface area contributed by atoms with Gasteiger partial charge in [-0.05, 0) is 48.2 Å². The highest BCUT2D eigenvalue weighted by molar-refractivity contribution is 7.99. The maximum atomic E-state index is 13.0. The van der Waals surface area contributed by atoms with Crippen LogP contribution in [0, 0.1) is 0 Å². The van der Waals surface area contributed by atoms with Crippen molar-refractivity contribution in [2.45, 2.75) is 37.7 Å². The predicted molar refractivity (Wildman–Crippen MR) is 103 cm³/mol. The summed E-state index contributed by atoms with van der Waals surface area (Å²) in [4.78, 5) is 14.6. The lowest BCUT2D eigenvalue weighted by molar-refractivity contribution is -0.137. The van der Waals surface area contributed by atoms with Gasteiger partial charge in [-0.1, -0.05) is 37.6 Å². The molecule has 0 bridgehead atoms. The number of benzene rings is 2. The summed E-state index contributed by atoms with van der Waals surface area (Å²) in [7, 11) is 0. The molecule has 2 aromatic rings. The zero-order chi connectivity index (χ0) is 19.4. The molecule has 1 heterocycles. The molecule has 144 valence electrons. The lowest BCUT2D eigenvalue weighted by Crippen LogP contribution is -2.30. The summed E-state index contributed by atoms with van der Waals surface area (Å²) < 4.78 is 39.0. The van der Waals surface area contributed by atoms with E-state index in [-0.39, 0.29) is 11.3 Å². The first kappa shape index (κ1) is 19.8. The molecule has 1 atom stereocenters. The second-order valence-electron chi connectivity index (χ2n) is 6.65. The fourth-order valence-corrected chi connectivity index (χ4v) is 4.43. The van der Waals surface area contributed by atoms with Gasteiger partial charge in [0.05, 0.1) is 5.56 Å². The molecule has 1 saturated heterocycles. The van der Waals surface area contributed by atoms with Crippen LogP contribution in [0.4, 0.5) is 13.2 Å². The van der Waals surface area contributed by atoms with E-state index in [4.69, 9.17) is 0 Å². The van der Waals surface area contributed by atoms with Crippen molar-refractivity contribution in [3.63, 3.8) is 0 Å². The van der Waals surface area contributed by atoms with Crippen LogP contribution < -0.4 is 0 Å². The van der Waals surface area contributed by atoms with Gasteiger partial charge < -0.3 is 4.90 Å². The maximum Gasteiger partial charge on any atom is 0.416 e. The Labute approximate surface area is 161 Å². The van der Waals surface area contributed by atoms with Crippen molar-refractivity contribution in [3.8, 4) is 0 Å². The molecule has 1 aliphatic heterocycles. The van der Waals surface area contributed by atoms with Crippen LogP contribution in [0.2, 0.25) is 0 Å². The molecule has 6 heteroatoms. The first-order chi connectivity index (χ1) is 12.9. The number of hydrogen-bond acceptors (Lipinski definition) is 2. The smallest absolute Gasteiger partial charge is 0.322 e. The Morgan fingerprint density at radius 3 is 2.59 bits per heavy atom. The third-order valence-corrected chi connectivity index (χ3v) is 5.93. The highest BCUT2D eigenvalue weighted by Crippen LogP contribution is 2.40. The Bertz CT molecular complexity index is 789. The van der Waals surface area contributed by atoms with Crippen LogP contribution in [0.1, 0.15) is 52.2 Å². The molecular formula is C21H22F3NOS. The van der Waals surface area contributed by atoms with E-state index in [9.17, 15) is 18.0 Å². The predicted octanol–water partition coefficient (Wildman–Crippen LogP) is 5.94. The minimum atomic E-state index is -4.39. The minimum absolute atomic E-state index is 0.135. The number of carbonyl (C=O) groups is 1. The fourth-order valence-electron chi connectivity index (χ4n) is 3.18. The summed E-state index contributed by atoms with van der Waals surface area (Å²) in [5.41, 5.74) is 1.61. The first-order valence-electron chi connectivity index (χ1n) is 9.09. The Balaban J connectivity index is 1.79. The zero-order valence-corrected chi connectivity index (χ0v) is 15.9. The van der Waals surface area contributed by atoms with Gasteiger partial charge in [0.2, 0.25) is 0 Å². The lowest BCUT2D eigenvalue weighted by Gasteiger charge is -2.25. The van der Waals surface area contributed by atoms with Crippen molar-refractivity contribution >= 4 is 17.7 Å². The second kappa shape index (κ2) is 8.38. The highest BCUT2D eigenvalue weighted by Gasteiger charge is 2.34. The average molecular weight is 393 g/mol. The van der Waals surface area contributed by atoms with Crippen LogP contribution in [0.25, 0.3) is 0 Å². The maximum absolute atomic E-state index is 13.0. The number of alkyl halides is 3. The molecule has 0 saturated carbocycles. The molecule has 1 fully saturated rings. The fraction of sp³-hybridized carbons (Fsp3) is 0.381. The molecule has 0 aromatic heterocycles. The summed E-state index contributed by atoms with van der Waals surface area (Å²) in [5.74, 6) is 0.575. The minimum Gasteiger partial charge on any atom is -0.322 e. The second-order valence-corrected chi connectivity index (χ2v) is 7.83. The van der Waals surface area contributed by atoms with E-state index in [2.05, 4.69) is 6.92 Å². The third kappa shape index (κ3) is 4.67. The van der Waals surface area contributed by atoms with Crippen molar-refractivity contribution < 1.29 is 18.0 Å². The van der Waals surface area contributed by atoms with Crippen LogP contribution in [-0.4, -0.2) is 23.1 Å². The van der Waals surface area contributed by atoms with Gasteiger partial charge in [0, 0.05) is 17.9 Å². The quantitative estimate of drug-likeness (QED) is 0.627. The Morgan fingerprint density at radius 1 is 1.19 bits per heavy atom. The number of aryl methyl sites for hydroxylation is 1. The summed E-state index contributed by atoms with van der Waals surface area (Å²) in [5, 5.41) is -0.389. The van der Waals surface area contributed by atoms with Crippen molar-refractivity contribution in [2.24, 2.45) is 0 Å². The van der Waals surface area contributed by atoms with E-state index in [1.165, 1.54) is 23.4 Å². The molecule has 0 N–H and O–H groups in total. The molecule has 0 unspecified atom stereocenters. The largest absolute Gasteiger partial charge is 0.416 e.